The van der Waals surface area contributed by atoms with Gasteiger partial charge in [0.15, 0.2) is 5.82 Å². The molecule has 0 N–H and O–H groups in total. The lowest BCUT2D eigenvalue weighted by atomic mass is 10.0. The van der Waals surface area contributed by atoms with Gasteiger partial charge in [-0.3, -0.25) is 4.90 Å². The van der Waals surface area contributed by atoms with E-state index in [0.29, 0.717) is 12.0 Å². The van der Waals surface area contributed by atoms with Crippen molar-refractivity contribution in [3.8, 4) is 0 Å². The molecule has 7 nitrogen and oxygen atoms in total. The molecule has 0 aliphatic carbocycles. The molecule has 2 atom stereocenters. The highest BCUT2D eigenvalue weighted by molar-refractivity contribution is 4.96. The predicted molar refractivity (Wildman–Crippen MR) is 88.1 cm³/mol. The summed E-state index contributed by atoms with van der Waals surface area (Å²) in [6.07, 6.45) is 3.62. The second-order valence-corrected chi connectivity index (χ2v) is 7.34. The number of likely N-dealkylation sites (N-methyl/N-ethyl adjacent to an activating group) is 1. The topological polar surface area (TPSA) is 59.3 Å². The number of hydrogen-bond donors (Lipinski definition) is 0. The monoisotopic (exact) mass is 322 g/mol. The molecule has 130 valence electrons. The molecule has 2 unspecified atom stereocenters. The maximum Gasteiger partial charge on any atom is 0.168 e. The fourth-order valence-corrected chi connectivity index (χ4v) is 3.56. The minimum atomic E-state index is 0.268. The quantitative estimate of drug-likeness (QED) is 0.784. The summed E-state index contributed by atoms with van der Waals surface area (Å²) >= 11 is 0. The molecule has 0 radical (unpaired) electrons. The molecule has 1 aromatic rings. The molecule has 3 heterocycles. The van der Waals surface area contributed by atoms with Gasteiger partial charge in [-0.05, 0) is 42.7 Å². The molecular weight excluding hydrogens is 292 g/mol. The van der Waals surface area contributed by atoms with Gasteiger partial charge in [-0.25, -0.2) is 4.68 Å². The van der Waals surface area contributed by atoms with Crippen molar-refractivity contribution < 1.29 is 4.74 Å². The smallest absolute Gasteiger partial charge is 0.168 e. The van der Waals surface area contributed by atoms with Gasteiger partial charge in [0, 0.05) is 32.8 Å². The first-order chi connectivity index (χ1) is 11.1. The lowest BCUT2D eigenvalue weighted by molar-refractivity contribution is 0.0789. The van der Waals surface area contributed by atoms with Gasteiger partial charge >= 0.3 is 0 Å². The Labute approximate surface area is 139 Å². The summed E-state index contributed by atoms with van der Waals surface area (Å²) in [6, 6.07) is 0.306. The Morgan fingerprint density at radius 3 is 2.65 bits per heavy atom. The lowest BCUT2D eigenvalue weighted by Gasteiger charge is -2.38. The van der Waals surface area contributed by atoms with Crippen LogP contribution in [0.1, 0.15) is 45.0 Å². The van der Waals surface area contributed by atoms with Gasteiger partial charge in [0.1, 0.15) is 0 Å². The van der Waals surface area contributed by atoms with Crippen molar-refractivity contribution in [2.75, 3.05) is 39.8 Å². The maximum absolute atomic E-state index is 5.76. The van der Waals surface area contributed by atoms with E-state index >= 15 is 0 Å². The molecule has 2 aliphatic rings. The third-order valence-corrected chi connectivity index (χ3v) is 4.93. The van der Waals surface area contributed by atoms with Crippen LogP contribution in [0.15, 0.2) is 0 Å². The molecule has 1 aromatic heterocycles. The average Bonchev–Trinajstić information content (AvgIpc) is 3.18. The van der Waals surface area contributed by atoms with Gasteiger partial charge in [-0.1, -0.05) is 13.8 Å². The molecule has 0 amide bonds. The van der Waals surface area contributed by atoms with Crippen LogP contribution in [0.4, 0.5) is 0 Å². The van der Waals surface area contributed by atoms with Crippen LogP contribution in [0.5, 0.6) is 0 Å². The zero-order chi connectivity index (χ0) is 16.2. The Balaban J connectivity index is 1.75. The summed E-state index contributed by atoms with van der Waals surface area (Å²) in [5.74, 6) is 1.63. The first-order valence-electron chi connectivity index (χ1n) is 8.93. The van der Waals surface area contributed by atoms with Crippen LogP contribution < -0.4 is 0 Å². The summed E-state index contributed by atoms with van der Waals surface area (Å²) in [4.78, 5) is 4.94. The van der Waals surface area contributed by atoms with Crippen LogP contribution in [0.2, 0.25) is 0 Å². The van der Waals surface area contributed by atoms with Crippen LogP contribution in [0.25, 0.3) is 0 Å². The maximum atomic E-state index is 5.76. The van der Waals surface area contributed by atoms with E-state index in [4.69, 9.17) is 4.74 Å². The van der Waals surface area contributed by atoms with Gasteiger partial charge in [0.25, 0.3) is 0 Å². The van der Waals surface area contributed by atoms with Gasteiger partial charge in [-0.15, -0.1) is 5.10 Å². The summed E-state index contributed by atoms with van der Waals surface area (Å²) in [5, 5.41) is 12.6. The lowest BCUT2D eigenvalue weighted by Crippen LogP contribution is -2.46. The minimum absolute atomic E-state index is 0.268. The predicted octanol–water partition coefficient (Wildman–Crippen LogP) is 1.19. The van der Waals surface area contributed by atoms with Crippen LogP contribution in [0.3, 0.4) is 0 Å². The average molecular weight is 322 g/mol. The SMILES string of the molecule is CC(C)CC(c1nnnn1CC1CCCO1)N1CCN(C)CC1. The highest BCUT2D eigenvalue weighted by Crippen LogP contribution is 2.27. The molecule has 23 heavy (non-hydrogen) atoms. The molecule has 0 aromatic carbocycles. The number of aromatic nitrogens is 4. The van der Waals surface area contributed by atoms with E-state index in [1.807, 2.05) is 4.68 Å². The Morgan fingerprint density at radius 2 is 2.00 bits per heavy atom. The number of tetrazole rings is 1. The number of rotatable bonds is 6. The van der Waals surface area contributed by atoms with Crippen molar-refractivity contribution >= 4 is 0 Å². The van der Waals surface area contributed by atoms with E-state index in [0.717, 1.165) is 64.4 Å². The van der Waals surface area contributed by atoms with E-state index in [1.165, 1.54) is 0 Å². The van der Waals surface area contributed by atoms with Gasteiger partial charge in [0.05, 0.1) is 18.7 Å². The minimum Gasteiger partial charge on any atom is -0.376 e. The molecule has 2 saturated heterocycles. The normalized spacial score (nSPS) is 25.3. The summed E-state index contributed by atoms with van der Waals surface area (Å²) in [7, 11) is 2.19. The van der Waals surface area contributed by atoms with E-state index in [-0.39, 0.29) is 6.10 Å². The first-order valence-corrected chi connectivity index (χ1v) is 8.93. The van der Waals surface area contributed by atoms with Gasteiger partial charge in [-0.2, -0.15) is 0 Å². The van der Waals surface area contributed by atoms with Crippen LogP contribution in [0, 0.1) is 5.92 Å². The molecule has 7 heteroatoms. The highest BCUT2D eigenvalue weighted by atomic mass is 16.5. The Bertz CT molecular complexity index is 477. The highest BCUT2D eigenvalue weighted by Gasteiger charge is 2.30. The molecule has 2 aliphatic heterocycles. The molecule has 3 rings (SSSR count). The van der Waals surface area contributed by atoms with Crippen molar-refractivity contribution in [2.24, 2.45) is 5.92 Å². The standard InChI is InChI=1S/C16H30N6O/c1-13(2)11-15(21-8-6-20(3)7-9-21)16-17-18-19-22(16)12-14-5-4-10-23-14/h13-15H,4-12H2,1-3H3. The summed E-state index contributed by atoms with van der Waals surface area (Å²) < 4.78 is 7.75. The largest absolute Gasteiger partial charge is 0.376 e. The summed E-state index contributed by atoms with van der Waals surface area (Å²) in [6.45, 7) is 10.6. The second kappa shape index (κ2) is 7.68. The Morgan fingerprint density at radius 1 is 1.22 bits per heavy atom. The van der Waals surface area contributed by atoms with E-state index < -0.39 is 0 Å². The fraction of sp³-hybridized carbons (Fsp3) is 0.938. The van der Waals surface area contributed by atoms with Crippen molar-refractivity contribution in [1.29, 1.82) is 0 Å². The number of piperazine rings is 1. The van der Waals surface area contributed by atoms with E-state index in [1.54, 1.807) is 0 Å². The zero-order valence-corrected chi connectivity index (χ0v) is 14.7. The third-order valence-electron chi connectivity index (χ3n) is 4.93. The Hall–Kier alpha value is -1.05. The molecule has 0 spiro atoms. The van der Waals surface area contributed by atoms with Crippen LogP contribution >= 0.6 is 0 Å². The zero-order valence-electron chi connectivity index (χ0n) is 14.7. The van der Waals surface area contributed by atoms with E-state index in [2.05, 4.69) is 46.2 Å². The van der Waals surface area contributed by atoms with Crippen molar-refractivity contribution in [2.45, 2.75) is 51.8 Å². The fourth-order valence-electron chi connectivity index (χ4n) is 3.56. The van der Waals surface area contributed by atoms with Crippen molar-refractivity contribution in [3.05, 3.63) is 5.82 Å². The first kappa shape index (κ1) is 16.8. The summed E-state index contributed by atoms with van der Waals surface area (Å²) in [5.41, 5.74) is 0. The van der Waals surface area contributed by atoms with Crippen LogP contribution in [-0.4, -0.2) is 75.9 Å². The van der Waals surface area contributed by atoms with Crippen molar-refractivity contribution in [3.63, 3.8) is 0 Å². The van der Waals surface area contributed by atoms with Gasteiger partial charge in [0.2, 0.25) is 0 Å². The molecular formula is C16H30N6O. The van der Waals surface area contributed by atoms with Crippen molar-refractivity contribution in [1.82, 2.24) is 30.0 Å². The Kier molecular flexibility index (Phi) is 5.61. The van der Waals surface area contributed by atoms with E-state index in [9.17, 15) is 0 Å². The molecule has 0 saturated carbocycles. The number of nitrogens with zero attached hydrogens (tertiary/aromatic N) is 6. The number of hydrogen-bond acceptors (Lipinski definition) is 6. The molecule has 0 bridgehead atoms. The molecule has 2 fully saturated rings. The number of ether oxygens (including phenoxy) is 1. The van der Waals surface area contributed by atoms with Crippen LogP contribution in [-0.2, 0) is 11.3 Å². The second-order valence-electron chi connectivity index (χ2n) is 7.34. The third kappa shape index (κ3) is 4.28. The van der Waals surface area contributed by atoms with Gasteiger partial charge < -0.3 is 9.64 Å².